The Morgan fingerprint density at radius 2 is 2.27 bits per heavy atom. The van der Waals surface area contributed by atoms with E-state index >= 15 is 0 Å². The van der Waals surface area contributed by atoms with Gasteiger partial charge in [0.15, 0.2) is 0 Å². The molecule has 1 atom stereocenters. The van der Waals surface area contributed by atoms with Gasteiger partial charge in [0.25, 0.3) is 5.56 Å². The molecule has 0 saturated carbocycles. The molecule has 0 aliphatic rings. The van der Waals surface area contributed by atoms with Crippen molar-refractivity contribution in [3.63, 3.8) is 0 Å². The normalized spacial score (nSPS) is 12.7. The van der Waals surface area contributed by atoms with Crippen molar-refractivity contribution < 1.29 is 5.11 Å². The lowest BCUT2D eigenvalue weighted by Crippen LogP contribution is -2.29. The van der Waals surface area contributed by atoms with Crippen LogP contribution in [0.3, 0.4) is 0 Å². The minimum Gasteiger partial charge on any atom is -0.494 e. The maximum Gasteiger partial charge on any atom is 0.331 e. The Morgan fingerprint density at radius 1 is 1.60 bits per heavy atom. The van der Waals surface area contributed by atoms with Gasteiger partial charge in [0.2, 0.25) is 5.88 Å². The number of thioether (sulfide) groups is 1. The van der Waals surface area contributed by atoms with Gasteiger partial charge < -0.3 is 5.11 Å². The Kier molecular flexibility index (Phi) is 4.02. The maximum atomic E-state index is 11.3. The molecule has 0 spiro atoms. The highest BCUT2D eigenvalue weighted by Gasteiger charge is 2.06. The Bertz CT molecular complexity index is 438. The molecule has 0 bridgehead atoms. The van der Waals surface area contributed by atoms with Crippen LogP contribution in [-0.4, -0.2) is 26.2 Å². The molecule has 1 heterocycles. The van der Waals surface area contributed by atoms with Gasteiger partial charge in [-0.2, -0.15) is 11.8 Å². The summed E-state index contributed by atoms with van der Waals surface area (Å²) in [5.41, 5.74) is -1.14. The first-order valence-electron chi connectivity index (χ1n) is 4.60. The van der Waals surface area contributed by atoms with Gasteiger partial charge in [-0.25, -0.2) is 4.79 Å². The van der Waals surface area contributed by atoms with E-state index in [4.69, 9.17) is 0 Å². The first kappa shape index (κ1) is 11.9. The smallest absolute Gasteiger partial charge is 0.331 e. The number of aromatic nitrogens is 2. The third kappa shape index (κ3) is 3.16. The van der Waals surface area contributed by atoms with Crippen molar-refractivity contribution in [2.24, 2.45) is 0 Å². The lowest BCUT2D eigenvalue weighted by atomic mass is 10.3. The zero-order chi connectivity index (χ0) is 11.4. The average Bonchev–Trinajstić information content (AvgIpc) is 2.15. The highest BCUT2D eigenvalue weighted by molar-refractivity contribution is 7.99. The Hall–Kier alpha value is -1.17. The summed E-state index contributed by atoms with van der Waals surface area (Å²) in [6.45, 7) is 2.45. The van der Waals surface area contributed by atoms with Gasteiger partial charge in [-0.1, -0.05) is 6.92 Å². The van der Waals surface area contributed by atoms with Crippen molar-refractivity contribution in [2.45, 2.75) is 25.1 Å². The molecule has 1 aromatic rings. The quantitative estimate of drug-likeness (QED) is 0.784. The average molecular weight is 230 g/mol. The van der Waals surface area contributed by atoms with Crippen molar-refractivity contribution in [1.82, 2.24) is 9.55 Å². The molecular formula is C9H14N2O3S. The van der Waals surface area contributed by atoms with Crippen LogP contribution in [0, 0.1) is 0 Å². The van der Waals surface area contributed by atoms with E-state index in [0.29, 0.717) is 11.8 Å². The molecule has 0 amide bonds. The van der Waals surface area contributed by atoms with Crippen LogP contribution in [0.4, 0.5) is 0 Å². The van der Waals surface area contributed by atoms with Gasteiger partial charge in [0.1, 0.15) is 0 Å². The Labute approximate surface area is 91.1 Å². The van der Waals surface area contributed by atoms with Gasteiger partial charge in [0, 0.05) is 11.8 Å². The second-order valence-corrected chi connectivity index (χ2v) is 4.56. The van der Waals surface area contributed by atoms with E-state index in [1.165, 1.54) is 0 Å². The standard InChI is InChI=1S/C9H14N2O3S/c1-6(15-2)3-4-11-8(13)5-7(12)10-9(11)14/h5-6,13H,3-4H2,1-2H3,(H,10,12,14). The summed E-state index contributed by atoms with van der Waals surface area (Å²) in [4.78, 5) is 24.2. The van der Waals surface area contributed by atoms with Crippen molar-refractivity contribution in [2.75, 3.05) is 6.26 Å². The van der Waals surface area contributed by atoms with Crippen molar-refractivity contribution in [3.05, 3.63) is 26.9 Å². The van der Waals surface area contributed by atoms with E-state index in [2.05, 4.69) is 4.98 Å². The molecule has 0 saturated heterocycles. The molecule has 0 aromatic carbocycles. The molecule has 0 fully saturated rings. The summed E-state index contributed by atoms with van der Waals surface area (Å²) in [5.74, 6) is -0.281. The number of rotatable bonds is 4. The minimum absolute atomic E-state index is 0.281. The summed E-state index contributed by atoms with van der Waals surface area (Å²) in [6, 6.07) is 1.01. The van der Waals surface area contributed by atoms with Gasteiger partial charge in [-0.05, 0) is 12.7 Å². The van der Waals surface area contributed by atoms with Crippen LogP contribution < -0.4 is 11.2 Å². The fraction of sp³-hybridized carbons (Fsp3) is 0.556. The lowest BCUT2D eigenvalue weighted by molar-refractivity contribution is 0.396. The second-order valence-electron chi connectivity index (χ2n) is 3.28. The minimum atomic E-state index is -0.577. The van der Waals surface area contributed by atoms with Crippen LogP contribution in [0.2, 0.25) is 0 Å². The number of aromatic hydroxyl groups is 1. The number of nitrogens with one attached hydrogen (secondary N) is 1. The summed E-state index contributed by atoms with van der Waals surface area (Å²) >= 11 is 1.69. The SMILES string of the molecule is CSC(C)CCn1c(O)cc(=O)[nH]c1=O. The van der Waals surface area contributed by atoms with Gasteiger partial charge in [-0.3, -0.25) is 14.3 Å². The van der Waals surface area contributed by atoms with E-state index in [-0.39, 0.29) is 5.88 Å². The molecule has 1 aromatic heterocycles. The van der Waals surface area contributed by atoms with Crippen molar-refractivity contribution >= 4 is 11.8 Å². The Morgan fingerprint density at radius 3 is 2.80 bits per heavy atom. The van der Waals surface area contributed by atoms with E-state index < -0.39 is 11.2 Å². The van der Waals surface area contributed by atoms with Crippen LogP contribution >= 0.6 is 11.8 Å². The molecule has 5 nitrogen and oxygen atoms in total. The molecule has 0 aliphatic heterocycles. The topological polar surface area (TPSA) is 75.1 Å². The first-order valence-corrected chi connectivity index (χ1v) is 5.89. The number of aromatic amines is 1. The largest absolute Gasteiger partial charge is 0.494 e. The number of hydrogen-bond donors (Lipinski definition) is 2. The maximum absolute atomic E-state index is 11.3. The summed E-state index contributed by atoms with van der Waals surface area (Å²) in [5, 5.41) is 9.80. The van der Waals surface area contributed by atoms with Crippen LogP contribution in [0.15, 0.2) is 15.7 Å². The molecular weight excluding hydrogens is 216 g/mol. The summed E-state index contributed by atoms with van der Waals surface area (Å²) in [7, 11) is 0. The van der Waals surface area contributed by atoms with Crippen molar-refractivity contribution in [3.8, 4) is 5.88 Å². The predicted octanol–water partition coefficient (Wildman–Crippen LogP) is 0.384. The molecule has 0 aliphatic carbocycles. The third-order valence-corrected chi connectivity index (χ3v) is 3.21. The zero-order valence-corrected chi connectivity index (χ0v) is 9.50. The van der Waals surface area contributed by atoms with Crippen LogP contribution in [0.1, 0.15) is 13.3 Å². The molecule has 6 heteroatoms. The van der Waals surface area contributed by atoms with Crippen LogP contribution in [0.5, 0.6) is 5.88 Å². The highest BCUT2D eigenvalue weighted by Crippen LogP contribution is 2.11. The molecule has 1 rings (SSSR count). The fourth-order valence-corrected chi connectivity index (χ4v) is 1.49. The van der Waals surface area contributed by atoms with E-state index in [1.807, 2.05) is 13.2 Å². The van der Waals surface area contributed by atoms with E-state index in [1.54, 1.807) is 11.8 Å². The fourth-order valence-electron chi connectivity index (χ4n) is 1.15. The number of nitrogens with zero attached hydrogens (tertiary/aromatic N) is 1. The summed E-state index contributed by atoms with van der Waals surface area (Å²) in [6.07, 6.45) is 2.75. The molecule has 84 valence electrons. The monoisotopic (exact) mass is 230 g/mol. The van der Waals surface area contributed by atoms with Gasteiger partial charge in [-0.15, -0.1) is 0 Å². The van der Waals surface area contributed by atoms with E-state index in [0.717, 1.165) is 17.1 Å². The van der Waals surface area contributed by atoms with E-state index in [9.17, 15) is 14.7 Å². The predicted molar refractivity (Wildman–Crippen MR) is 60.6 cm³/mol. The molecule has 1 unspecified atom stereocenters. The highest BCUT2D eigenvalue weighted by atomic mass is 32.2. The van der Waals surface area contributed by atoms with Gasteiger partial charge >= 0.3 is 5.69 Å². The Balaban J connectivity index is 2.86. The molecule has 2 N–H and O–H groups in total. The second kappa shape index (κ2) is 5.06. The zero-order valence-electron chi connectivity index (χ0n) is 8.69. The van der Waals surface area contributed by atoms with Crippen LogP contribution in [0.25, 0.3) is 0 Å². The number of H-pyrrole nitrogens is 1. The number of hydrogen-bond acceptors (Lipinski definition) is 4. The lowest BCUT2D eigenvalue weighted by Gasteiger charge is -2.10. The molecule has 15 heavy (non-hydrogen) atoms. The molecule has 0 radical (unpaired) electrons. The van der Waals surface area contributed by atoms with Gasteiger partial charge in [0.05, 0.1) is 6.07 Å². The first-order chi connectivity index (χ1) is 7.04. The van der Waals surface area contributed by atoms with Crippen LogP contribution in [-0.2, 0) is 6.54 Å². The van der Waals surface area contributed by atoms with Crippen molar-refractivity contribution in [1.29, 1.82) is 0 Å². The third-order valence-electron chi connectivity index (χ3n) is 2.17. The summed E-state index contributed by atoms with van der Waals surface area (Å²) < 4.78 is 1.16.